The molecule has 1 aromatic heterocycles. The Morgan fingerprint density at radius 1 is 1.23 bits per heavy atom. The molecule has 1 aromatic carbocycles. The normalized spacial score (nSPS) is 20.5. The first-order chi connectivity index (χ1) is 12.3. The second-order valence-electron chi connectivity index (χ2n) is 8.36. The van der Waals surface area contributed by atoms with Gasteiger partial charge in [0.05, 0.1) is 5.92 Å². The van der Waals surface area contributed by atoms with E-state index in [1.54, 1.807) is 0 Å². The molecule has 3 nitrogen and oxygen atoms in total. The summed E-state index contributed by atoms with van der Waals surface area (Å²) in [5.41, 5.74) is 5.05. The molecule has 2 unspecified atom stereocenters. The summed E-state index contributed by atoms with van der Waals surface area (Å²) in [6.07, 6.45) is 7.12. The van der Waals surface area contributed by atoms with Gasteiger partial charge in [-0.1, -0.05) is 55.3 Å². The van der Waals surface area contributed by atoms with Gasteiger partial charge in [-0.15, -0.1) is 0 Å². The lowest BCUT2D eigenvalue weighted by Crippen LogP contribution is -2.13. The van der Waals surface area contributed by atoms with Gasteiger partial charge in [0, 0.05) is 12.4 Å². The minimum atomic E-state index is -0.0913. The van der Waals surface area contributed by atoms with Gasteiger partial charge < -0.3 is 9.30 Å². The van der Waals surface area contributed by atoms with Crippen molar-refractivity contribution in [2.45, 2.75) is 47.8 Å². The molecule has 0 radical (unpaired) electrons. The van der Waals surface area contributed by atoms with Crippen molar-refractivity contribution in [1.29, 1.82) is 0 Å². The van der Waals surface area contributed by atoms with E-state index in [-0.39, 0.29) is 24.0 Å². The van der Waals surface area contributed by atoms with E-state index in [2.05, 4.69) is 77.2 Å². The molecule has 1 heterocycles. The summed E-state index contributed by atoms with van der Waals surface area (Å²) < 4.78 is 7.52. The van der Waals surface area contributed by atoms with Crippen molar-refractivity contribution in [2.75, 3.05) is 0 Å². The molecule has 26 heavy (non-hydrogen) atoms. The van der Waals surface area contributed by atoms with E-state index in [4.69, 9.17) is 4.74 Å². The van der Waals surface area contributed by atoms with Crippen LogP contribution >= 0.6 is 0 Å². The maximum Gasteiger partial charge on any atom is 0.311 e. The van der Waals surface area contributed by atoms with Crippen LogP contribution in [0.5, 0.6) is 0 Å². The quantitative estimate of drug-likeness (QED) is 0.534. The second-order valence-corrected chi connectivity index (χ2v) is 8.36. The Labute approximate surface area is 156 Å². The Hall–Kier alpha value is -2.29. The molecular weight excluding hydrogens is 322 g/mol. The van der Waals surface area contributed by atoms with Crippen molar-refractivity contribution in [1.82, 2.24) is 4.57 Å². The molecule has 1 aliphatic rings. The lowest BCUT2D eigenvalue weighted by Gasteiger charge is -2.06. The lowest BCUT2D eigenvalue weighted by molar-refractivity contribution is -0.150. The van der Waals surface area contributed by atoms with Gasteiger partial charge in [0.15, 0.2) is 6.73 Å². The van der Waals surface area contributed by atoms with Crippen LogP contribution in [-0.4, -0.2) is 10.5 Å². The van der Waals surface area contributed by atoms with Crippen molar-refractivity contribution < 1.29 is 9.53 Å². The summed E-state index contributed by atoms with van der Waals surface area (Å²) in [5.74, 6) is 0.174. The zero-order chi connectivity index (χ0) is 18.9. The lowest BCUT2D eigenvalue weighted by atomic mass is 10.1. The Kier molecular flexibility index (Phi) is 5.08. The van der Waals surface area contributed by atoms with E-state index in [1.807, 2.05) is 10.8 Å². The van der Waals surface area contributed by atoms with E-state index in [0.717, 1.165) is 6.42 Å². The van der Waals surface area contributed by atoms with Crippen LogP contribution in [0.4, 0.5) is 0 Å². The van der Waals surface area contributed by atoms with Crippen LogP contribution in [0.2, 0.25) is 0 Å². The third-order valence-corrected chi connectivity index (χ3v) is 5.34. The van der Waals surface area contributed by atoms with Gasteiger partial charge in [0.25, 0.3) is 0 Å². The van der Waals surface area contributed by atoms with E-state index in [0.29, 0.717) is 5.92 Å². The molecule has 2 atom stereocenters. The molecule has 0 aliphatic heterocycles. The summed E-state index contributed by atoms with van der Waals surface area (Å²) in [5, 5.41) is 0. The van der Waals surface area contributed by atoms with Gasteiger partial charge in [0.1, 0.15) is 0 Å². The molecule has 1 fully saturated rings. The Bertz CT molecular complexity index is 824. The van der Waals surface area contributed by atoms with E-state index >= 15 is 0 Å². The second kappa shape index (κ2) is 7.14. The standard InChI is InChI=1S/C23H29NO2/c1-16(2)11-20-21(23(20,4)5)22(25)26-15-24-10-9-19(14-24)13-18-8-6-7-17(3)12-18/h6-12,14,20-21H,13,15H2,1-5H3. The molecule has 0 spiro atoms. The fourth-order valence-electron chi connectivity index (χ4n) is 3.76. The number of aromatic nitrogens is 1. The van der Waals surface area contributed by atoms with E-state index in [9.17, 15) is 4.79 Å². The summed E-state index contributed by atoms with van der Waals surface area (Å²) in [6, 6.07) is 10.6. The van der Waals surface area contributed by atoms with Crippen LogP contribution in [0.3, 0.4) is 0 Å². The Morgan fingerprint density at radius 3 is 2.69 bits per heavy atom. The highest BCUT2D eigenvalue weighted by molar-refractivity contribution is 5.78. The average molecular weight is 351 g/mol. The molecule has 1 aliphatic carbocycles. The molecule has 0 amide bonds. The molecule has 3 rings (SSSR count). The summed E-state index contributed by atoms with van der Waals surface area (Å²) >= 11 is 0. The third-order valence-electron chi connectivity index (χ3n) is 5.34. The molecule has 0 N–H and O–H groups in total. The van der Waals surface area contributed by atoms with Crippen LogP contribution in [0, 0.1) is 24.2 Å². The summed E-state index contributed by atoms with van der Waals surface area (Å²) in [7, 11) is 0. The number of rotatable bonds is 6. The van der Waals surface area contributed by atoms with Gasteiger partial charge in [-0.25, -0.2) is 0 Å². The number of hydrogen-bond donors (Lipinski definition) is 0. The number of nitrogens with zero attached hydrogens (tertiary/aromatic N) is 1. The first-order valence-corrected chi connectivity index (χ1v) is 9.29. The smallest absolute Gasteiger partial charge is 0.311 e. The monoisotopic (exact) mass is 351 g/mol. The Morgan fingerprint density at radius 2 is 2.00 bits per heavy atom. The zero-order valence-electron chi connectivity index (χ0n) is 16.5. The van der Waals surface area contributed by atoms with Crippen LogP contribution in [-0.2, 0) is 22.7 Å². The van der Waals surface area contributed by atoms with Crippen LogP contribution in [0.25, 0.3) is 0 Å². The molecule has 3 heteroatoms. The molecule has 0 saturated heterocycles. The topological polar surface area (TPSA) is 31.2 Å². The summed E-state index contributed by atoms with van der Waals surface area (Å²) in [4.78, 5) is 12.5. The number of esters is 1. The number of ether oxygens (including phenoxy) is 1. The SMILES string of the molecule is CC(C)=CC1C(C(=O)OCn2ccc(Cc3cccc(C)c3)c2)C1(C)C. The minimum absolute atomic E-state index is 0.00136. The number of allylic oxidation sites excluding steroid dienone is 2. The van der Waals surface area contributed by atoms with E-state index < -0.39 is 0 Å². The fraction of sp³-hybridized carbons (Fsp3) is 0.435. The van der Waals surface area contributed by atoms with Crippen molar-refractivity contribution >= 4 is 5.97 Å². The van der Waals surface area contributed by atoms with Crippen molar-refractivity contribution in [3.05, 3.63) is 71.1 Å². The molecule has 1 saturated carbocycles. The predicted octanol–water partition coefficient (Wildman–Crippen LogP) is 5.13. The van der Waals surface area contributed by atoms with Gasteiger partial charge in [-0.05, 0) is 55.7 Å². The average Bonchev–Trinajstić information content (AvgIpc) is 2.90. The van der Waals surface area contributed by atoms with Crippen molar-refractivity contribution in [3.8, 4) is 0 Å². The highest BCUT2D eigenvalue weighted by Crippen LogP contribution is 2.59. The zero-order valence-corrected chi connectivity index (χ0v) is 16.5. The maximum absolute atomic E-state index is 12.5. The summed E-state index contributed by atoms with van der Waals surface area (Å²) in [6.45, 7) is 10.8. The fourth-order valence-corrected chi connectivity index (χ4v) is 3.76. The van der Waals surface area contributed by atoms with Crippen molar-refractivity contribution in [3.63, 3.8) is 0 Å². The molecule has 138 valence electrons. The highest BCUT2D eigenvalue weighted by atomic mass is 16.5. The molecular formula is C23H29NO2. The third kappa shape index (κ3) is 4.09. The first kappa shape index (κ1) is 18.5. The van der Waals surface area contributed by atoms with Gasteiger partial charge in [-0.3, -0.25) is 4.79 Å². The first-order valence-electron chi connectivity index (χ1n) is 9.29. The number of hydrogen-bond acceptors (Lipinski definition) is 2. The number of carbonyl (C=O) groups excluding carboxylic acids is 1. The Balaban J connectivity index is 1.55. The molecule has 2 aromatic rings. The van der Waals surface area contributed by atoms with Gasteiger partial charge in [-0.2, -0.15) is 0 Å². The van der Waals surface area contributed by atoms with Crippen LogP contribution < -0.4 is 0 Å². The minimum Gasteiger partial charge on any atom is -0.444 e. The number of benzene rings is 1. The van der Waals surface area contributed by atoms with Gasteiger partial charge in [0.2, 0.25) is 0 Å². The predicted molar refractivity (Wildman–Crippen MR) is 105 cm³/mol. The largest absolute Gasteiger partial charge is 0.444 e. The van der Waals surface area contributed by atoms with E-state index in [1.165, 1.54) is 22.3 Å². The number of carbonyl (C=O) groups is 1. The number of aryl methyl sites for hydroxylation is 1. The van der Waals surface area contributed by atoms with Crippen molar-refractivity contribution in [2.24, 2.45) is 17.3 Å². The maximum atomic E-state index is 12.5. The molecule has 0 bridgehead atoms. The van der Waals surface area contributed by atoms with Crippen LogP contribution in [0.1, 0.15) is 44.4 Å². The van der Waals surface area contributed by atoms with Crippen LogP contribution in [0.15, 0.2) is 54.4 Å². The highest BCUT2D eigenvalue weighted by Gasteiger charge is 2.61. The van der Waals surface area contributed by atoms with Gasteiger partial charge >= 0.3 is 5.97 Å².